The number of benzene rings is 4. The van der Waals surface area contributed by atoms with Crippen LogP contribution in [-0.4, -0.2) is 15.0 Å². The Kier molecular flexibility index (Phi) is 10.3. The van der Waals surface area contributed by atoms with Crippen LogP contribution in [0.25, 0.3) is 66.4 Å². The van der Waals surface area contributed by atoms with E-state index in [-0.39, 0.29) is 25.5 Å². The summed E-state index contributed by atoms with van der Waals surface area (Å²) in [4.78, 5) is 13.5. The van der Waals surface area contributed by atoms with Crippen molar-refractivity contribution in [1.82, 2.24) is 15.0 Å². The first-order chi connectivity index (χ1) is 24.1. The van der Waals surface area contributed by atoms with E-state index in [0.717, 1.165) is 61.6 Å². The third kappa shape index (κ3) is 7.56. The molecule has 4 nitrogen and oxygen atoms in total. The molecule has 0 atom stereocenters. The Bertz CT molecular complexity index is 2490. The first-order valence-electron chi connectivity index (χ1n) is 17.1. The average molecular weight is 844 g/mol. The van der Waals surface area contributed by atoms with Crippen molar-refractivity contribution < 1.29 is 24.5 Å². The van der Waals surface area contributed by atoms with Crippen LogP contribution >= 0.6 is 0 Å². The molecule has 4 aromatic heterocycles. The third-order valence-electron chi connectivity index (χ3n) is 9.30. The van der Waals surface area contributed by atoms with Gasteiger partial charge in [-0.25, -0.2) is 0 Å². The molecule has 4 aromatic carbocycles. The number of aryl methyl sites for hydroxylation is 4. The predicted octanol–water partition coefficient (Wildman–Crippen LogP) is 12.0. The molecule has 0 saturated carbocycles. The van der Waals surface area contributed by atoms with Gasteiger partial charge in [-0.3, -0.25) is 4.98 Å². The Morgan fingerprint density at radius 3 is 2.18 bits per heavy atom. The minimum atomic E-state index is 0. The topological polar surface area (TPSA) is 51.8 Å². The van der Waals surface area contributed by atoms with E-state index in [2.05, 4.69) is 137 Å². The molecule has 5 heteroatoms. The number of pyridine rings is 3. The Morgan fingerprint density at radius 1 is 0.667 bits per heavy atom. The van der Waals surface area contributed by atoms with Gasteiger partial charge in [0.05, 0.1) is 5.58 Å². The van der Waals surface area contributed by atoms with Gasteiger partial charge in [-0.2, -0.15) is 0 Å². The standard InChI is InChI=1S/C26H23N2O.C20H18N.Ir/c1-16-14-28-23(12-18(16)13-26(2,3)4)21-7-5-6-19-20-9-8-17-10-11-27-15-22(17)25(20)29-24(19)21;1-14-9-10-18(20-11-15(2)16(3)13-21-20)12-19(14)17-7-5-4-6-8-17;/h5-6,8-12,14-15H,13H2,1-4H3;4-9,11-13H,1-3H3;/q2*-1;. The van der Waals surface area contributed by atoms with Crippen molar-refractivity contribution in [1.29, 1.82) is 0 Å². The van der Waals surface area contributed by atoms with Crippen molar-refractivity contribution in [2.75, 3.05) is 0 Å². The van der Waals surface area contributed by atoms with Crippen LogP contribution in [0.3, 0.4) is 0 Å². The molecule has 0 aliphatic rings. The monoisotopic (exact) mass is 844 g/mol. The van der Waals surface area contributed by atoms with Crippen molar-refractivity contribution in [2.45, 2.75) is 54.9 Å². The molecule has 0 N–H and O–H groups in total. The van der Waals surface area contributed by atoms with E-state index >= 15 is 0 Å². The number of furan rings is 1. The van der Waals surface area contributed by atoms with Crippen LogP contribution in [0.15, 0.2) is 114 Å². The predicted molar refractivity (Wildman–Crippen MR) is 207 cm³/mol. The summed E-state index contributed by atoms with van der Waals surface area (Å²) in [6.07, 6.45) is 8.57. The van der Waals surface area contributed by atoms with E-state index in [1.54, 1.807) is 0 Å². The van der Waals surface area contributed by atoms with Gasteiger partial charge in [-0.05, 0) is 72.1 Å². The van der Waals surface area contributed by atoms with Crippen molar-refractivity contribution >= 4 is 32.7 Å². The first-order valence-corrected chi connectivity index (χ1v) is 17.1. The van der Waals surface area contributed by atoms with E-state index in [4.69, 9.17) is 9.40 Å². The van der Waals surface area contributed by atoms with Gasteiger partial charge in [-0.15, -0.1) is 47.5 Å². The van der Waals surface area contributed by atoms with E-state index in [1.807, 2.05) is 43.0 Å². The van der Waals surface area contributed by atoms with Crippen LogP contribution in [0.1, 0.15) is 48.6 Å². The number of aromatic nitrogens is 3. The number of hydrogen-bond donors (Lipinski definition) is 0. The molecule has 8 aromatic rings. The van der Waals surface area contributed by atoms with Crippen LogP contribution in [-0.2, 0) is 26.5 Å². The second-order valence-electron chi connectivity index (χ2n) is 14.4. The molecule has 8 rings (SSSR count). The zero-order chi connectivity index (χ0) is 35.0. The molecule has 257 valence electrons. The molecule has 0 bridgehead atoms. The quantitative estimate of drug-likeness (QED) is 0.166. The summed E-state index contributed by atoms with van der Waals surface area (Å²) in [7, 11) is 0. The Balaban J connectivity index is 0.000000181. The van der Waals surface area contributed by atoms with Gasteiger partial charge in [-0.1, -0.05) is 110 Å². The summed E-state index contributed by atoms with van der Waals surface area (Å²) in [6.45, 7) is 15.2. The second kappa shape index (κ2) is 14.7. The van der Waals surface area contributed by atoms with Gasteiger partial charge in [0.25, 0.3) is 0 Å². The smallest absolute Gasteiger partial charge is 0.130 e. The molecule has 0 amide bonds. The van der Waals surface area contributed by atoms with Gasteiger partial charge >= 0.3 is 0 Å². The Hall–Kier alpha value is -4.96. The summed E-state index contributed by atoms with van der Waals surface area (Å²) in [5.41, 5.74) is 14.5. The Labute approximate surface area is 314 Å². The van der Waals surface area contributed by atoms with Gasteiger partial charge < -0.3 is 14.4 Å². The minimum absolute atomic E-state index is 0. The van der Waals surface area contributed by atoms with Crippen LogP contribution in [0, 0.1) is 45.2 Å². The number of hydrogen-bond acceptors (Lipinski definition) is 4. The van der Waals surface area contributed by atoms with E-state index < -0.39 is 0 Å². The normalized spacial score (nSPS) is 11.4. The zero-order valence-corrected chi connectivity index (χ0v) is 32.6. The fourth-order valence-electron chi connectivity index (χ4n) is 6.43. The van der Waals surface area contributed by atoms with Crippen LogP contribution in [0.5, 0.6) is 0 Å². The molecule has 0 spiro atoms. The van der Waals surface area contributed by atoms with Crippen LogP contribution in [0.2, 0.25) is 0 Å². The molecule has 0 saturated heterocycles. The summed E-state index contributed by atoms with van der Waals surface area (Å²) >= 11 is 0. The van der Waals surface area contributed by atoms with Crippen molar-refractivity contribution in [3.63, 3.8) is 0 Å². The fourth-order valence-corrected chi connectivity index (χ4v) is 6.43. The molecule has 0 fully saturated rings. The molecule has 0 aliphatic carbocycles. The Morgan fingerprint density at radius 2 is 1.41 bits per heavy atom. The van der Waals surface area contributed by atoms with E-state index in [1.165, 1.54) is 38.9 Å². The van der Waals surface area contributed by atoms with Gasteiger partial charge in [0, 0.05) is 55.7 Å². The molecular weight excluding hydrogens is 803 g/mol. The molecule has 1 radical (unpaired) electrons. The van der Waals surface area contributed by atoms with Crippen molar-refractivity contribution in [2.24, 2.45) is 5.41 Å². The maximum absolute atomic E-state index is 6.41. The SMILES string of the molecule is Cc1cnc(-c2[c-]cc(C)c(-c3ccccc3)c2)cc1C.Cc1cnc(-c2[c-]ccc3c2oc2c4cnccc4ccc32)cc1CC(C)(C)C.[Ir]. The zero-order valence-electron chi connectivity index (χ0n) is 30.2. The third-order valence-corrected chi connectivity index (χ3v) is 9.30. The summed E-state index contributed by atoms with van der Waals surface area (Å²) in [6, 6.07) is 36.0. The largest absolute Gasteiger partial charge is 0.500 e. The fraction of sp³-hybridized carbons (Fsp3) is 0.196. The van der Waals surface area contributed by atoms with E-state index in [0.29, 0.717) is 0 Å². The summed E-state index contributed by atoms with van der Waals surface area (Å²) in [5, 5.41) is 4.33. The van der Waals surface area contributed by atoms with Gasteiger partial charge in [0.2, 0.25) is 0 Å². The number of rotatable bonds is 4. The van der Waals surface area contributed by atoms with Gasteiger partial charge in [0.15, 0.2) is 0 Å². The molecule has 51 heavy (non-hydrogen) atoms. The summed E-state index contributed by atoms with van der Waals surface area (Å²) < 4.78 is 6.41. The molecular formula is C46H41IrN3O-2. The maximum atomic E-state index is 6.41. The summed E-state index contributed by atoms with van der Waals surface area (Å²) in [5.74, 6) is 0. The van der Waals surface area contributed by atoms with Crippen LogP contribution in [0.4, 0.5) is 0 Å². The van der Waals surface area contributed by atoms with Gasteiger partial charge in [0.1, 0.15) is 5.58 Å². The maximum Gasteiger partial charge on any atom is 0.130 e. The van der Waals surface area contributed by atoms with Crippen molar-refractivity contribution in [3.05, 3.63) is 150 Å². The van der Waals surface area contributed by atoms with E-state index in [9.17, 15) is 0 Å². The average Bonchev–Trinajstić information content (AvgIpc) is 3.50. The number of fused-ring (bicyclic) bond motifs is 5. The van der Waals surface area contributed by atoms with Crippen LogP contribution < -0.4 is 0 Å². The first kappa shape index (κ1) is 35.9. The molecule has 0 unspecified atom stereocenters. The van der Waals surface area contributed by atoms with Crippen molar-refractivity contribution in [3.8, 4) is 33.6 Å². The number of nitrogens with zero attached hydrogens (tertiary/aromatic N) is 3. The molecule has 4 heterocycles. The minimum Gasteiger partial charge on any atom is -0.500 e. The molecule has 0 aliphatic heterocycles. The second-order valence-corrected chi connectivity index (χ2v) is 14.4.